The summed E-state index contributed by atoms with van der Waals surface area (Å²) in [4.78, 5) is 26.6. The molecule has 0 aromatic heterocycles. The Morgan fingerprint density at radius 1 is 1.04 bits per heavy atom. The highest BCUT2D eigenvalue weighted by Gasteiger charge is 2.20. The molecule has 1 aliphatic rings. The summed E-state index contributed by atoms with van der Waals surface area (Å²) in [6.45, 7) is 1.75. The molecular weight excluding hydrogens is 351 g/mol. The molecule has 7 heteroatoms. The molecule has 2 aromatic carbocycles. The number of benzene rings is 2. The maximum absolute atomic E-state index is 13.9. The number of esters is 1. The van der Waals surface area contributed by atoms with E-state index in [0.29, 0.717) is 11.3 Å². The van der Waals surface area contributed by atoms with E-state index in [4.69, 9.17) is 9.47 Å². The lowest BCUT2D eigenvalue weighted by atomic mass is 10.1. The van der Waals surface area contributed by atoms with Gasteiger partial charge < -0.3 is 19.7 Å². The fraction of sp³-hybridized carbons (Fsp3) is 0.300. The van der Waals surface area contributed by atoms with E-state index in [2.05, 4.69) is 10.2 Å². The number of halogens is 1. The Balaban J connectivity index is 1.92. The van der Waals surface area contributed by atoms with E-state index in [1.807, 2.05) is 0 Å². The van der Waals surface area contributed by atoms with Crippen molar-refractivity contribution in [2.45, 2.75) is 12.8 Å². The summed E-state index contributed by atoms with van der Waals surface area (Å²) in [6, 6.07) is 9.04. The molecular formula is C20H21FN2O4. The molecule has 1 saturated heterocycles. The minimum Gasteiger partial charge on any atom is -0.494 e. The van der Waals surface area contributed by atoms with Gasteiger partial charge >= 0.3 is 5.97 Å². The molecule has 0 aliphatic carbocycles. The minimum absolute atomic E-state index is 0.0667. The number of amides is 1. The lowest BCUT2D eigenvalue weighted by Crippen LogP contribution is -2.21. The molecule has 1 aliphatic heterocycles. The number of carbonyl (C=O) groups excluding carboxylic acids is 2. The van der Waals surface area contributed by atoms with Crippen molar-refractivity contribution in [1.82, 2.24) is 0 Å². The zero-order valence-corrected chi connectivity index (χ0v) is 15.3. The van der Waals surface area contributed by atoms with Crippen molar-refractivity contribution in [2.24, 2.45) is 0 Å². The summed E-state index contributed by atoms with van der Waals surface area (Å²) in [7, 11) is 2.66. The number of nitrogens with zero attached hydrogens (tertiary/aromatic N) is 1. The second-order valence-corrected chi connectivity index (χ2v) is 6.22. The van der Waals surface area contributed by atoms with E-state index in [1.54, 1.807) is 18.2 Å². The largest absolute Gasteiger partial charge is 0.494 e. The number of methoxy groups -OCH3 is 2. The Morgan fingerprint density at radius 3 is 2.37 bits per heavy atom. The number of nitrogens with one attached hydrogen (secondary N) is 1. The van der Waals surface area contributed by atoms with Gasteiger partial charge in [0.25, 0.3) is 5.91 Å². The van der Waals surface area contributed by atoms with Crippen molar-refractivity contribution in [2.75, 3.05) is 37.5 Å². The molecule has 142 valence electrons. The SMILES string of the molecule is COC(=O)c1ccc(N2CCCC2)c(NC(=O)c2ccc(OC)c(F)c2)c1. The van der Waals surface area contributed by atoms with Gasteiger partial charge in [-0.3, -0.25) is 4.79 Å². The van der Waals surface area contributed by atoms with Crippen molar-refractivity contribution in [3.8, 4) is 5.75 Å². The minimum atomic E-state index is -0.617. The number of anilines is 2. The first-order chi connectivity index (χ1) is 13.0. The molecule has 3 rings (SSSR count). The highest BCUT2D eigenvalue weighted by Crippen LogP contribution is 2.31. The van der Waals surface area contributed by atoms with Crippen molar-refractivity contribution < 1.29 is 23.5 Å². The second-order valence-electron chi connectivity index (χ2n) is 6.22. The van der Waals surface area contributed by atoms with Gasteiger partial charge in [0.05, 0.1) is 31.2 Å². The molecule has 6 nitrogen and oxygen atoms in total. The summed E-state index contributed by atoms with van der Waals surface area (Å²) in [5.74, 6) is -1.52. The maximum Gasteiger partial charge on any atom is 0.337 e. The van der Waals surface area contributed by atoms with E-state index in [-0.39, 0.29) is 11.3 Å². The highest BCUT2D eigenvalue weighted by atomic mass is 19.1. The molecule has 0 spiro atoms. The summed E-state index contributed by atoms with van der Waals surface area (Å²) >= 11 is 0. The third kappa shape index (κ3) is 4.02. The first-order valence-electron chi connectivity index (χ1n) is 8.65. The van der Waals surface area contributed by atoms with E-state index in [9.17, 15) is 14.0 Å². The van der Waals surface area contributed by atoms with Crippen LogP contribution in [0.15, 0.2) is 36.4 Å². The third-order valence-corrected chi connectivity index (χ3v) is 4.53. The molecule has 0 atom stereocenters. The van der Waals surface area contributed by atoms with E-state index in [1.165, 1.54) is 26.4 Å². The predicted octanol–water partition coefficient (Wildman–Crippen LogP) is 3.47. The van der Waals surface area contributed by atoms with Crippen LogP contribution in [0.4, 0.5) is 15.8 Å². The maximum atomic E-state index is 13.9. The van der Waals surface area contributed by atoms with Crippen LogP contribution in [0.5, 0.6) is 5.75 Å². The average Bonchev–Trinajstić information content (AvgIpc) is 3.21. The molecule has 1 fully saturated rings. The highest BCUT2D eigenvalue weighted by molar-refractivity contribution is 6.07. The second kappa shape index (κ2) is 8.07. The molecule has 0 bridgehead atoms. The third-order valence-electron chi connectivity index (χ3n) is 4.53. The first-order valence-corrected chi connectivity index (χ1v) is 8.65. The molecule has 1 amide bonds. The van der Waals surface area contributed by atoms with Gasteiger partial charge in [0, 0.05) is 18.7 Å². The first kappa shape index (κ1) is 18.7. The fourth-order valence-corrected chi connectivity index (χ4v) is 3.12. The molecule has 0 unspecified atom stereocenters. The van der Waals surface area contributed by atoms with Crippen molar-refractivity contribution >= 4 is 23.3 Å². The van der Waals surface area contributed by atoms with Crippen LogP contribution in [0.25, 0.3) is 0 Å². The number of ether oxygens (including phenoxy) is 2. The van der Waals surface area contributed by atoms with E-state index >= 15 is 0 Å². The summed E-state index contributed by atoms with van der Waals surface area (Å²) in [5.41, 5.74) is 1.80. The Bertz CT molecular complexity index is 863. The molecule has 2 aromatic rings. The Kier molecular flexibility index (Phi) is 5.59. The molecule has 1 N–H and O–H groups in total. The van der Waals surface area contributed by atoms with Crippen LogP contribution in [-0.2, 0) is 4.74 Å². The lowest BCUT2D eigenvalue weighted by molar-refractivity contribution is 0.0600. The Hall–Kier alpha value is -3.09. The van der Waals surface area contributed by atoms with Gasteiger partial charge in [-0.25, -0.2) is 9.18 Å². The van der Waals surface area contributed by atoms with Gasteiger partial charge in [-0.2, -0.15) is 0 Å². The lowest BCUT2D eigenvalue weighted by Gasteiger charge is -2.22. The standard InChI is InChI=1S/C20H21FN2O4/c1-26-18-8-6-13(11-15(18)21)19(24)22-16-12-14(20(25)27-2)5-7-17(16)23-9-3-4-10-23/h5-8,11-12H,3-4,9-10H2,1-2H3,(H,22,24). The van der Waals surface area contributed by atoms with Crippen LogP contribution >= 0.6 is 0 Å². The summed E-state index contributed by atoms with van der Waals surface area (Å²) in [5, 5.41) is 2.79. The van der Waals surface area contributed by atoms with E-state index < -0.39 is 17.7 Å². The van der Waals surface area contributed by atoms with Crippen LogP contribution in [0.3, 0.4) is 0 Å². The van der Waals surface area contributed by atoms with Crippen LogP contribution in [0, 0.1) is 5.82 Å². The monoisotopic (exact) mass is 372 g/mol. The van der Waals surface area contributed by atoms with Crippen LogP contribution < -0.4 is 15.0 Å². The Labute approximate surface area is 156 Å². The predicted molar refractivity (Wildman–Crippen MR) is 100 cm³/mol. The van der Waals surface area contributed by atoms with Gasteiger partial charge in [0.1, 0.15) is 0 Å². The molecule has 0 radical (unpaired) electrons. The molecule has 0 saturated carbocycles. The number of hydrogen-bond acceptors (Lipinski definition) is 5. The van der Waals surface area contributed by atoms with Gasteiger partial charge in [-0.05, 0) is 49.2 Å². The average molecular weight is 372 g/mol. The van der Waals surface area contributed by atoms with E-state index in [0.717, 1.165) is 37.7 Å². The number of hydrogen-bond donors (Lipinski definition) is 1. The van der Waals surface area contributed by atoms with Crippen LogP contribution in [-0.4, -0.2) is 39.2 Å². The summed E-state index contributed by atoms with van der Waals surface area (Å²) < 4.78 is 23.5. The zero-order valence-electron chi connectivity index (χ0n) is 15.3. The van der Waals surface area contributed by atoms with Crippen LogP contribution in [0.2, 0.25) is 0 Å². The van der Waals surface area contributed by atoms with Crippen molar-refractivity contribution in [3.63, 3.8) is 0 Å². The van der Waals surface area contributed by atoms with Crippen molar-refractivity contribution in [1.29, 1.82) is 0 Å². The fourth-order valence-electron chi connectivity index (χ4n) is 3.12. The van der Waals surface area contributed by atoms with Gasteiger partial charge in [-0.1, -0.05) is 0 Å². The topological polar surface area (TPSA) is 67.9 Å². The smallest absolute Gasteiger partial charge is 0.337 e. The molecule has 1 heterocycles. The number of rotatable bonds is 5. The summed E-state index contributed by atoms with van der Waals surface area (Å²) in [6.07, 6.45) is 2.13. The normalized spacial score (nSPS) is 13.4. The van der Waals surface area contributed by atoms with Gasteiger partial charge in [-0.15, -0.1) is 0 Å². The van der Waals surface area contributed by atoms with Crippen LogP contribution in [0.1, 0.15) is 33.6 Å². The van der Waals surface area contributed by atoms with Gasteiger partial charge in [0.15, 0.2) is 11.6 Å². The quantitative estimate of drug-likeness (QED) is 0.814. The zero-order chi connectivity index (χ0) is 19.4. The Morgan fingerprint density at radius 2 is 1.74 bits per heavy atom. The molecule has 27 heavy (non-hydrogen) atoms. The number of carbonyl (C=O) groups is 2. The van der Waals surface area contributed by atoms with Gasteiger partial charge in [0.2, 0.25) is 0 Å². The van der Waals surface area contributed by atoms with Crippen molar-refractivity contribution in [3.05, 3.63) is 53.3 Å².